The van der Waals surface area contributed by atoms with Crippen molar-refractivity contribution in [3.63, 3.8) is 0 Å². The van der Waals surface area contributed by atoms with Crippen LogP contribution in [0.1, 0.15) is 26.7 Å². The first kappa shape index (κ1) is 9.92. The van der Waals surface area contributed by atoms with Crippen LogP contribution in [0.4, 0.5) is 0 Å². The molecule has 2 N–H and O–H groups in total. The molecule has 0 aliphatic carbocycles. The van der Waals surface area contributed by atoms with Crippen LogP contribution >= 0.6 is 0 Å². The Kier molecular flexibility index (Phi) is 6.98. The van der Waals surface area contributed by atoms with E-state index >= 15 is 0 Å². The first-order chi connectivity index (χ1) is 4.77. The summed E-state index contributed by atoms with van der Waals surface area (Å²) in [5, 5.41) is 6.32. The van der Waals surface area contributed by atoms with Crippen molar-refractivity contribution < 1.29 is 0 Å². The maximum atomic E-state index is 3.28. The van der Waals surface area contributed by atoms with Gasteiger partial charge in [-0.2, -0.15) is 0 Å². The van der Waals surface area contributed by atoms with Crippen LogP contribution < -0.4 is 10.6 Å². The molecule has 0 radical (unpaired) electrons. The second kappa shape index (κ2) is 7.03. The fourth-order valence-corrected chi connectivity index (χ4v) is 0.849. The minimum Gasteiger partial charge on any atom is -0.308 e. The largest absolute Gasteiger partial charge is 0.308 e. The zero-order valence-corrected chi connectivity index (χ0v) is 7.41. The van der Waals surface area contributed by atoms with Gasteiger partial charge in [0.05, 0.1) is 0 Å². The summed E-state index contributed by atoms with van der Waals surface area (Å²) in [6, 6.07) is 0. The van der Waals surface area contributed by atoms with Crippen molar-refractivity contribution in [2.24, 2.45) is 5.92 Å². The van der Waals surface area contributed by atoms with Crippen molar-refractivity contribution >= 4 is 0 Å². The Morgan fingerprint density at radius 2 is 2.00 bits per heavy atom. The van der Waals surface area contributed by atoms with E-state index in [-0.39, 0.29) is 0 Å². The van der Waals surface area contributed by atoms with E-state index in [1.807, 2.05) is 7.05 Å². The molecule has 2 nitrogen and oxygen atoms in total. The molecule has 0 fully saturated rings. The number of rotatable bonds is 6. The van der Waals surface area contributed by atoms with Gasteiger partial charge in [-0.3, -0.25) is 0 Å². The second-order valence-corrected chi connectivity index (χ2v) is 3.07. The monoisotopic (exact) mass is 144 g/mol. The van der Waals surface area contributed by atoms with Crippen LogP contribution in [-0.2, 0) is 0 Å². The van der Waals surface area contributed by atoms with Gasteiger partial charge in [0.15, 0.2) is 0 Å². The quantitative estimate of drug-likeness (QED) is 0.432. The van der Waals surface area contributed by atoms with Gasteiger partial charge in [-0.15, -0.1) is 0 Å². The molecule has 2 heteroatoms. The van der Waals surface area contributed by atoms with Crippen LogP contribution in [0.15, 0.2) is 0 Å². The normalized spacial score (nSPS) is 10.8. The Morgan fingerprint density at radius 3 is 2.50 bits per heavy atom. The van der Waals surface area contributed by atoms with Crippen molar-refractivity contribution in [2.75, 3.05) is 20.3 Å². The molecule has 0 bridgehead atoms. The van der Waals surface area contributed by atoms with Crippen molar-refractivity contribution in [3.8, 4) is 0 Å². The van der Waals surface area contributed by atoms with E-state index in [1.54, 1.807) is 0 Å². The van der Waals surface area contributed by atoms with Crippen molar-refractivity contribution in [3.05, 3.63) is 0 Å². The molecule has 0 spiro atoms. The highest BCUT2D eigenvalue weighted by atomic mass is 15.0. The maximum absolute atomic E-state index is 3.28. The first-order valence-corrected chi connectivity index (χ1v) is 4.12. The summed E-state index contributed by atoms with van der Waals surface area (Å²) in [5.74, 6) is 0.844. The second-order valence-electron chi connectivity index (χ2n) is 3.07. The Bertz CT molecular complexity index is 62.3. The van der Waals surface area contributed by atoms with Gasteiger partial charge in [-0.25, -0.2) is 0 Å². The first-order valence-electron chi connectivity index (χ1n) is 4.12. The van der Waals surface area contributed by atoms with Crippen LogP contribution in [0.25, 0.3) is 0 Å². The summed E-state index contributed by atoms with van der Waals surface area (Å²) >= 11 is 0. The van der Waals surface area contributed by atoms with E-state index in [1.165, 1.54) is 12.8 Å². The minimum absolute atomic E-state index is 0.844. The van der Waals surface area contributed by atoms with Crippen LogP contribution in [0.2, 0.25) is 0 Å². The number of hydrogen-bond donors (Lipinski definition) is 2. The third-order valence-corrected chi connectivity index (χ3v) is 1.44. The lowest BCUT2D eigenvalue weighted by Crippen LogP contribution is -2.26. The van der Waals surface area contributed by atoms with Gasteiger partial charge in [0.25, 0.3) is 0 Å². The van der Waals surface area contributed by atoms with E-state index in [0.717, 1.165) is 19.1 Å². The molecular formula is C8H20N2. The summed E-state index contributed by atoms with van der Waals surface area (Å²) < 4.78 is 0. The Labute approximate surface area is 64.4 Å². The Morgan fingerprint density at radius 1 is 1.30 bits per heavy atom. The number of hydrogen-bond acceptors (Lipinski definition) is 2. The number of nitrogens with one attached hydrogen (secondary N) is 2. The SMILES string of the molecule is CNCNCCCC(C)C. The van der Waals surface area contributed by atoms with Crippen LogP contribution in [0.3, 0.4) is 0 Å². The molecule has 0 heterocycles. The van der Waals surface area contributed by atoms with Gasteiger partial charge in [-0.05, 0) is 32.4 Å². The molecule has 0 atom stereocenters. The molecule has 0 rings (SSSR count). The Hall–Kier alpha value is -0.0800. The molecule has 0 aliphatic rings. The van der Waals surface area contributed by atoms with Crippen molar-refractivity contribution in [1.82, 2.24) is 10.6 Å². The van der Waals surface area contributed by atoms with Gasteiger partial charge < -0.3 is 10.6 Å². The molecular weight excluding hydrogens is 124 g/mol. The van der Waals surface area contributed by atoms with Crippen LogP contribution in [0, 0.1) is 5.92 Å². The lowest BCUT2D eigenvalue weighted by atomic mass is 10.1. The predicted octanol–water partition coefficient (Wildman–Crippen LogP) is 1.19. The zero-order chi connectivity index (χ0) is 7.82. The van der Waals surface area contributed by atoms with E-state index in [2.05, 4.69) is 24.5 Å². The summed E-state index contributed by atoms with van der Waals surface area (Å²) in [7, 11) is 1.95. The zero-order valence-electron chi connectivity index (χ0n) is 7.41. The molecule has 0 aromatic rings. The van der Waals surface area contributed by atoms with Gasteiger partial charge in [-0.1, -0.05) is 13.8 Å². The molecule has 0 aliphatic heterocycles. The van der Waals surface area contributed by atoms with Gasteiger partial charge in [0.1, 0.15) is 0 Å². The van der Waals surface area contributed by atoms with E-state index in [0.29, 0.717) is 0 Å². The third-order valence-electron chi connectivity index (χ3n) is 1.44. The molecule has 0 aromatic carbocycles. The third kappa shape index (κ3) is 7.92. The van der Waals surface area contributed by atoms with Crippen LogP contribution in [-0.4, -0.2) is 20.3 Å². The minimum atomic E-state index is 0.844. The highest BCUT2D eigenvalue weighted by molar-refractivity contribution is 4.48. The van der Waals surface area contributed by atoms with Gasteiger partial charge in [0, 0.05) is 6.67 Å². The lowest BCUT2D eigenvalue weighted by molar-refractivity contribution is 0.519. The van der Waals surface area contributed by atoms with Crippen molar-refractivity contribution in [1.29, 1.82) is 0 Å². The van der Waals surface area contributed by atoms with Gasteiger partial charge >= 0.3 is 0 Å². The van der Waals surface area contributed by atoms with Crippen molar-refractivity contribution in [2.45, 2.75) is 26.7 Å². The highest BCUT2D eigenvalue weighted by Crippen LogP contribution is 2.01. The lowest BCUT2D eigenvalue weighted by Gasteiger charge is -2.05. The summed E-state index contributed by atoms with van der Waals surface area (Å²) in [4.78, 5) is 0. The van der Waals surface area contributed by atoms with E-state index < -0.39 is 0 Å². The fraction of sp³-hybridized carbons (Fsp3) is 1.00. The highest BCUT2D eigenvalue weighted by Gasteiger charge is 1.91. The maximum Gasteiger partial charge on any atom is 0.0451 e. The predicted molar refractivity (Wildman–Crippen MR) is 46.0 cm³/mol. The molecule has 0 saturated heterocycles. The standard InChI is InChI=1S/C8H20N2/c1-8(2)5-4-6-10-7-9-3/h8-10H,4-7H2,1-3H3. The van der Waals surface area contributed by atoms with Gasteiger partial charge in [0.2, 0.25) is 0 Å². The van der Waals surface area contributed by atoms with E-state index in [9.17, 15) is 0 Å². The average molecular weight is 144 g/mol. The summed E-state index contributed by atoms with van der Waals surface area (Å²) in [6.45, 7) is 6.59. The summed E-state index contributed by atoms with van der Waals surface area (Å²) in [5.41, 5.74) is 0. The molecule has 10 heavy (non-hydrogen) atoms. The average Bonchev–Trinajstić information content (AvgIpc) is 1.87. The molecule has 0 unspecified atom stereocenters. The topological polar surface area (TPSA) is 24.1 Å². The fourth-order valence-electron chi connectivity index (χ4n) is 0.849. The van der Waals surface area contributed by atoms with E-state index in [4.69, 9.17) is 0 Å². The smallest absolute Gasteiger partial charge is 0.0451 e. The molecule has 0 saturated carbocycles. The summed E-state index contributed by atoms with van der Waals surface area (Å²) in [6.07, 6.45) is 2.62. The molecule has 0 amide bonds. The van der Waals surface area contributed by atoms with Crippen LogP contribution in [0.5, 0.6) is 0 Å². The molecule has 0 aromatic heterocycles. The Balaban J connectivity index is 2.77. The molecule has 62 valence electrons.